The number of rotatable bonds is 0. The van der Waals surface area contributed by atoms with Crippen molar-refractivity contribution >= 4 is 38.8 Å². The van der Waals surface area contributed by atoms with Gasteiger partial charge in [0.15, 0.2) is 0 Å². The van der Waals surface area contributed by atoms with Gasteiger partial charge in [0.25, 0.3) is 0 Å². The van der Waals surface area contributed by atoms with Crippen LogP contribution in [0.3, 0.4) is 0 Å². The predicted octanol–water partition coefficient (Wildman–Crippen LogP) is 13.2. The molecule has 0 heterocycles. The number of aryl methyl sites for hydroxylation is 12. The molecule has 4 rings (SSSR count). The molecule has 0 atom stereocenters. The van der Waals surface area contributed by atoms with Crippen molar-refractivity contribution in [1.82, 2.24) is 0 Å². The molecule has 42 heavy (non-hydrogen) atoms. The third-order valence-electron chi connectivity index (χ3n) is 5.46. The van der Waals surface area contributed by atoms with Gasteiger partial charge in [-0.15, -0.1) is 0 Å². The zero-order chi connectivity index (χ0) is 32.8. The number of hydrogen-bond donors (Lipinski definition) is 0. The fourth-order valence-electron chi connectivity index (χ4n) is 4.81. The fourth-order valence-corrected chi connectivity index (χ4v) is 4.81. The summed E-state index contributed by atoms with van der Waals surface area (Å²) in [6, 6.07) is 26.2. The van der Waals surface area contributed by atoms with Gasteiger partial charge in [0.1, 0.15) is 0 Å². The molecule has 0 saturated carbocycles. The van der Waals surface area contributed by atoms with E-state index in [-0.39, 0.29) is 30.3 Å². The minimum atomic E-state index is -0.346. The second-order valence-electron chi connectivity index (χ2n) is 10.8. The molecule has 0 amide bonds. The van der Waals surface area contributed by atoms with Crippen LogP contribution in [0.5, 0.6) is 0 Å². The second kappa shape index (κ2) is 25.6. The molecule has 4 aromatic rings. The summed E-state index contributed by atoms with van der Waals surface area (Å²) in [5, 5.41) is 0. The van der Waals surface area contributed by atoms with E-state index < -0.39 is 0 Å². The predicted molar refractivity (Wildman–Crippen MR) is 186 cm³/mol. The normalized spacial score (nSPS) is 9.33. The Labute approximate surface area is 289 Å². The average Bonchev–Trinajstić information content (AvgIpc) is 2.77. The number of hydrogen-bond acceptors (Lipinski definition) is 0. The average molecular weight is 825 g/mol. The van der Waals surface area contributed by atoms with Gasteiger partial charge < -0.3 is 0 Å². The Hall–Kier alpha value is -0.713. The summed E-state index contributed by atoms with van der Waals surface area (Å²) in [6.45, 7) is 25.5. The van der Waals surface area contributed by atoms with Crippen LogP contribution in [0.15, 0.2) is 72.8 Å². The number of benzene rings is 4. The number of halogens is 4. The van der Waals surface area contributed by atoms with Gasteiger partial charge in [0, 0.05) is 0 Å². The molecule has 0 nitrogen and oxygen atoms in total. The first-order valence-electron chi connectivity index (χ1n) is 13.5. The second-order valence-corrected chi connectivity index (χ2v) is 16.0. The molecule has 0 spiro atoms. The van der Waals surface area contributed by atoms with Gasteiger partial charge in [-0.1, -0.05) is 140 Å². The summed E-state index contributed by atoms with van der Waals surface area (Å²) in [5.74, 6) is 0. The van der Waals surface area contributed by atoms with Crippen LogP contribution in [0.1, 0.15) is 66.8 Å². The van der Waals surface area contributed by atoms with E-state index in [9.17, 15) is 0 Å². The Kier molecular flexibility index (Phi) is 26.5. The van der Waals surface area contributed by atoms with E-state index in [4.69, 9.17) is 38.8 Å². The summed E-state index contributed by atoms with van der Waals surface area (Å²) < 4.78 is 0. The van der Waals surface area contributed by atoms with Crippen molar-refractivity contribution in [3.63, 3.8) is 0 Å². The molecular formula is C36H48Cl4Ru2. The molecule has 0 bridgehead atoms. The van der Waals surface area contributed by atoms with Crippen LogP contribution in [0.25, 0.3) is 0 Å². The molecule has 0 aromatic heterocycles. The Morgan fingerprint density at radius 3 is 0.333 bits per heavy atom. The Bertz CT molecular complexity index is 902. The van der Waals surface area contributed by atoms with Gasteiger partial charge in [0.05, 0.1) is 0 Å². The van der Waals surface area contributed by atoms with Crippen molar-refractivity contribution in [2.24, 2.45) is 0 Å². The summed E-state index contributed by atoms with van der Waals surface area (Å²) in [6.07, 6.45) is 0. The third kappa shape index (κ3) is 25.8. The van der Waals surface area contributed by atoms with Crippen LogP contribution in [-0.2, 0) is 30.3 Å². The zero-order valence-corrected chi connectivity index (χ0v) is 33.6. The van der Waals surface area contributed by atoms with Crippen molar-refractivity contribution in [2.75, 3.05) is 0 Å². The van der Waals surface area contributed by atoms with Crippen molar-refractivity contribution in [3.8, 4) is 0 Å². The summed E-state index contributed by atoms with van der Waals surface area (Å²) >= 11 is -0.691. The van der Waals surface area contributed by atoms with Crippen LogP contribution in [-0.4, -0.2) is 0 Å². The first kappa shape index (κ1) is 43.4. The van der Waals surface area contributed by atoms with Gasteiger partial charge in [0.2, 0.25) is 0 Å². The zero-order valence-electron chi connectivity index (χ0n) is 27.1. The molecule has 0 aliphatic rings. The van der Waals surface area contributed by atoms with E-state index in [1.54, 1.807) is 0 Å². The van der Waals surface area contributed by atoms with Crippen molar-refractivity contribution < 1.29 is 30.3 Å². The van der Waals surface area contributed by atoms with Crippen LogP contribution in [0.4, 0.5) is 0 Å². The summed E-state index contributed by atoms with van der Waals surface area (Å²) in [5.41, 5.74) is 16.3. The fraction of sp³-hybridized carbons (Fsp3) is 0.333. The maximum atomic E-state index is 4.85. The van der Waals surface area contributed by atoms with Gasteiger partial charge in [-0.2, -0.15) is 0 Å². The third-order valence-corrected chi connectivity index (χ3v) is 5.46. The van der Waals surface area contributed by atoms with Crippen molar-refractivity contribution in [3.05, 3.63) is 140 Å². The van der Waals surface area contributed by atoms with Crippen molar-refractivity contribution in [1.29, 1.82) is 0 Å². The maximum absolute atomic E-state index is 4.85. The molecule has 0 N–H and O–H groups in total. The molecule has 0 radical (unpaired) electrons. The van der Waals surface area contributed by atoms with E-state index in [0.717, 1.165) is 0 Å². The molecule has 0 aliphatic carbocycles. The van der Waals surface area contributed by atoms with Gasteiger partial charge in [-0.25, -0.2) is 0 Å². The van der Waals surface area contributed by atoms with E-state index in [1.807, 2.05) is 0 Å². The molecule has 0 unspecified atom stereocenters. The van der Waals surface area contributed by atoms with E-state index >= 15 is 0 Å². The van der Waals surface area contributed by atoms with Crippen LogP contribution in [0, 0.1) is 83.1 Å². The Morgan fingerprint density at radius 1 is 0.238 bits per heavy atom. The van der Waals surface area contributed by atoms with E-state index in [2.05, 4.69) is 156 Å². The molecule has 4 aromatic carbocycles. The molecule has 0 saturated heterocycles. The molecule has 6 heteroatoms. The quantitative estimate of drug-likeness (QED) is 0.155. The van der Waals surface area contributed by atoms with Gasteiger partial charge >= 0.3 is 69.1 Å². The first-order valence-corrected chi connectivity index (χ1v) is 22.4. The summed E-state index contributed by atoms with van der Waals surface area (Å²) in [7, 11) is 19.4. The molecule has 0 aliphatic heterocycles. The molecular weight excluding hydrogens is 776 g/mol. The monoisotopic (exact) mass is 824 g/mol. The van der Waals surface area contributed by atoms with Crippen molar-refractivity contribution in [2.45, 2.75) is 83.1 Å². The van der Waals surface area contributed by atoms with Crippen LogP contribution < -0.4 is 0 Å². The van der Waals surface area contributed by atoms with E-state index in [1.165, 1.54) is 66.8 Å². The first-order chi connectivity index (χ1) is 19.6. The Balaban J connectivity index is 0. The van der Waals surface area contributed by atoms with Crippen LogP contribution >= 0.6 is 38.8 Å². The standard InChI is InChI=1S/4C9H12.4ClH.2Ru/c4*1-7-4-8(2)6-9(3)5-7;;;;;;/h4*4-6H,1-3H3;4*1H;;/q;;;;;;;;2*+2/p-4. The summed E-state index contributed by atoms with van der Waals surface area (Å²) in [4.78, 5) is 0. The van der Waals surface area contributed by atoms with Gasteiger partial charge in [-0.05, 0) is 83.1 Å². The van der Waals surface area contributed by atoms with E-state index in [0.29, 0.717) is 0 Å². The minimum absolute atomic E-state index is 0.346. The molecule has 0 fully saturated rings. The van der Waals surface area contributed by atoms with Crippen LogP contribution in [0.2, 0.25) is 0 Å². The topological polar surface area (TPSA) is 0 Å². The Morgan fingerprint density at radius 2 is 0.286 bits per heavy atom. The SMILES string of the molecule is Cc1cc(C)cc(C)c1.Cc1cc(C)cc(C)c1.Cc1cc(C)cc(C)c1.Cc1cc(C)cc(C)c1.[Cl][Ru][Cl].[Cl][Ru][Cl]. The molecule has 236 valence electrons. The van der Waals surface area contributed by atoms with Gasteiger partial charge in [-0.3, -0.25) is 0 Å².